The molecule has 3 rings (SSSR count). The fourth-order valence-electron chi connectivity index (χ4n) is 4.32. The number of hydrogen-bond acceptors (Lipinski definition) is 6. The molecule has 0 aromatic rings. The third-order valence-corrected chi connectivity index (χ3v) is 6.11. The Morgan fingerprint density at radius 2 is 1.57 bits per heavy atom. The Labute approximate surface area is 175 Å². The highest BCUT2D eigenvalue weighted by molar-refractivity contribution is 6.08. The van der Waals surface area contributed by atoms with E-state index < -0.39 is 41.9 Å². The molecule has 1 aliphatic heterocycles. The molecule has 4 atom stereocenters. The van der Waals surface area contributed by atoms with Crippen molar-refractivity contribution >= 4 is 29.7 Å². The van der Waals surface area contributed by atoms with Crippen molar-refractivity contribution in [1.82, 2.24) is 15.5 Å². The van der Waals surface area contributed by atoms with Crippen molar-refractivity contribution in [1.29, 1.82) is 0 Å². The molecule has 2 aliphatic carbocycles. The summed E-state index contributed by atoms with van der Waals surface area (Å²) in [4.78, 5) is 62.8. The van der Waals surface area contributed by atoms with E-state index in [9.17, 15) is 24.0 Å². The van der Waals surface area contributed by atoms with Gasteiger partial charge in [-0.25, -0.2) is 9.59 Å². The molecule has 1 saturated heterocycles. The molecule has 5 amide bonds. The molecule has 0 aromatic carbocycles. The predicted molar refractivity (Wildman–Crippen MR) is 106 cm³/mol. The van der Waals surface area contributed by atoms with E-state index in [4.69, 9.17) is 4.74 Å². The molecule has 30 heavy (non-hydrogen) atoms. The van der Waals surface area contributed by atoms with Crippen LogP contribution in [0.15, 0.2) is 12.2 Å². The first-order chi connectivity index (χ1) is 14.3. The normalized spacial score (nSPS) is 26.0. The van der Waals surface area contributed by atoms with Crippen LogP contribution in [0, 0.1) is 11.8 Å². The first-order valence-corrected chi connectivity index (χ1v) is 10.6. The lowest BCUT2D eigenvalue weighted by atomic mass is 9.85. The van der Waals surface area contributed by atoms with Gasteiger partial charge in [-0.2, -0.15) is 0 Å². The minimum atomic E-state index is -1.24. The highest BCUT2D eigenvalue weighted by Gasteiger charge is 2.50. The molecule has 1 saturated carbocycles. The number of rotatable bonds is 5. The highest BCUT2D eigenvalue weighted by Crippen LogP contribution is 2.36. The topological polar surface area (TPSA) is 122 Å². The second kappa shape index (κ2) is 9.40. The van der Waals surface area contributed by atoms with Crippen LogP contribution in [0.2, 0.25) is 0 Å². The molecule has 2 N–H and O–H groups in total. The van der Waals surface area contributed by atoms with Gasteiger partial charge in [-0.3, -0.25) is 24.6 Å². The van der Waals surface area contributed by atoms with Crippen LogP contribution in [0.25, 0.3) is 0 Å². The maximum Gasteiger partial charge on any atom is 0.329 e. The van der Waals surface area contributed by atoms with Gasteiger partial charge in [0.2, 0.25) is 11.8 Å². The Morgan fingerprint density at radius 1 is 1.00 bits per heavy atom. The lowest BCUT2D eigenvalue weighted by molar-refractivity contribution is -0.163. The van der Waals surface area contributed by atoms with Gasteiger partial charge in [0.05, 0.1) is 11.8 Å². The number of likely N-dealkylation sites (tertiary alicyclic amines) is 1. The summed E-state index contributed by atoms with van der Waals surface area (Å²) in [7, 11) is 0. The van der Waals surface area contributed by atoms with Gasteiger partial charge in [-0.1, -0.05) is 31.4 Å². The van der Waals surface area contributed by atoms with Crippen molar-refractivity contribution in [2.75, 3.05) is 0 Å². The van der Waals surface area contributed by atoms with E-state index >= 15 is 0 Å². The molecule has 3 aliphatic rings. The third kappa shape index (κ3) is 4.71. The van der Waals surface area contributed by atoms with Gasteiger partial charge >= 0.3 is 12.0 Å². The molecular weight excluding hydrogens is 390 g/mol. The zero-order valence-electron chi connectivity index (χ0n) is 17.4. The van der Waals surface area contributed by atoms with Crippen LogP contribution in [0.1, 0.15) is 58.8 Å². The number of amides is 5. The summed E-state index contributed by atoms with van der Waals surface area (Å²) in [6.45, 7) is 2.74. The maximum atomic E-state index is 12.6. The van der Waals surface area contributed by atoms with E-state index in [1.165, 1.54) is 13.8 Å². The lowest BCUT2D eigenvalue weighted by Crippen LogP contribution is -2.50. The first kappa shape index (κ1) is 22.0. The van der Waals surface area contributed by atoms with E-state index in [0.29, 0.717) is 12.8 Å². The van der Waals surface area contributed by atoms with Crippen LogP contribution >= 0.6 is 0 Å². The van der Waals surface area contributed by atoms with Crippen LogP contribution in [-0.4, -0.2) is 52.8 Å². The largest absolute Gasteiger partial charge is 0.451 e. The number of allylic oxidation sites excluding steroid dienone is 2. The van der Waals surface area contributed by atoms with E-state index in [1.807, 2.05) is 12.2 Å². The summed E-state index contributed by atoms with van der Waals surface area (Å²) in [6, 6.07) is -1.72. The maximum absolute atomic E-state index is 12.6. The van der Waals surface area contributed by atoms with Crippen molar-refractivity contribution in [3.63, 3.8) is 0 Å². The van der Waals surface area contributed by atoms with E-state index in [-0.39, 0.29) is 17.9 Å². The Kier molecular flexibility index (Phi) is 6.89. The van der Waals surface area contributed by atoms with Crippen LogP contribution in [0.4, 0.5) is 4.79 Å². The van der Waals surface area contributed by atoms with Gasteiger partial charge in [0.25, 0.3) is 5.91 Å². The number of imide groups is 2. The molecule has 0 radical (unpaired) electrons. The molecular formula is C21H29N3O6. The minimum absolute atomic E-state index is 0.0367. The molecule has 164 valence electrons. The van der Waals surface area contributed by atoms with E-state index in [0.717, 1.165) is 37.0 Å². The molecule has 0 unspecified atom stereocenters. The van der Waals surface area contributed by atoms with Gasteiger partial charge in [0.1, 0.15) is 6.04 Å². The summed E-state index contributed by atoms with van der Waals surface area (Å²) in [5.41, 5.74) is 0. The molecule has 0 aromatic heterocycles. The Bertz CT molecular complexity index is 732. The van der Waals surface area contributed by atoms with Crippen molar-refractivity contribution in [2.24, 2.45) is 11.8 Å². The second-order valence-electron chi connectivity index (χ2n) is 8.26. The van der Waals surface area contributed by atoms with Crippen LogP contribution in [-0.2, 0) is 23.9 Å². The van der Waals surface area contributed by atoms with E-state index in [1.54, 1.807) is 0 Å². The van der Waals surface area contributed by atoms with Gasteiger partial charge < -0.3 is 10.1 Å². The summed E-state index contributed by atoms with van der Waals surface area (Å²) in [5.74, 6) is -3.28. The van der Waals surface area contributed by atoms with Crippen LogP contribution in [0.5, 0.6) is 0 Å². The summed E-state index contributed by atoms with van der Waals surface area (Å²) >= 11 is 0. The van der Waals surface area contributed by atoms with Crippen molar-refractivity contribution in [3.8, 4) is 0 Å². The van der Waals surface area contributed by atoms with Gasteiger partial charge in [0.15, 0.2) is 6.10 Å². The smallest absolute Gasteiger partial charge is 0.329 e. The zero-order valence-corrected chi connectivity index (χ0v) is 17.4. The number of nitrogens with zero attached hydrogens (tertiary/aromatic N) is 1. The number of nitrogens with one attached hydrogen (secondary N) is 2. The number of carbonyl (C=O) groups excluding carboxylic acids is 5. The minimum Gasteiger partial charge on any atom is -0.451 e. The average molecular weight is 419 g/mol. The Hall–Kier alpha value is -2.71. The van der Waals surface area contributed by atoms with Crippen molar-refractivity contribution in [2.45, 2.75) is 77.0 Å². The van der Waals surface area contributed by atoms with Gasteiger partial charge in [-0.05, 0) is 39.5 Å². The van der Waals surface area contributed by atoms with E-state index in [2.05, 4.69) is 10.6 Å². The fourth-order valence-corrected chi connectivity index (χ4v) is 4.32. The number of ether oxygens (including phenoxy) is 1. The molecule has 0 bridgehead atoms. The summed E-state index contributed by atoms with van der Waals surface area (Å²) < 4.78 is 5.13. The van der Waals surface area contributed by atoms with Crippen molar-refractivity contribution in [3.05, 3.63) is 12.2 Å². The second-order valence-corrected chi connectivity index (χ2v) is 8.26. The predicted octanol–water partition coefficient (Wildman–Crippen LogP) is 1.42. The van der Waals surface area contributed by atoms with Crippen LogP contribution < -0.4 is 10.6 Å². The highest BCUT2D eigenvalue weighted by atomic mass is 16.5. The summed E-state index contributed by atoms with van der Waals surface area (Å²) in [6.07, 6.45) is 8.40. The van der Waals surface area contributed by atoms with Crippen LogP contribution in [0.3, 0.4) is 0 Å². The lowest BCUT2D eigenvalue weighted by Gasteiger charge is -2.24. The standard InChI is InChI=1S/C21H29N3O6/c1-12(24-18(26)15-10-6-7-11-16(15)19(24)27)20(28)30-13(2)17(25)23-21(29)22-14-8-4-3-5-9-14/h6-7,12-16H,3-5,8-11H2,1-2H3,(H2,22,23,25,29)/t12-,13+,15-,16+/m0/s1. The number of fused-ring (bicyclic) bond motifs is 1. The molecule has 0 spiro atoms. The molecule has 9 heteroatoms. The Morgan fingerprint density at radius 3 is 2.13 bits per heavy atom. The molecule has 1 heterocycles. The average Bonchev–Trinajstić information content (AvgIpc) is 2.98. The number of hydrogen-bond donors (Lipinski definition) is 2. The molecule has 9 nitrogen and oxygen atoms in total. The van der Waals surface area contributed by atoms with Gasteiger partial charge in [-0.15, -0.1) is 0 Å². The first-order valence-electron chi connectivity index (χ1n) is 10.6. The SMILES string of the molecule is C[C@@H](OC(=O)[C@H](C)N1C(=O)[C@H]2CC=CC[C@H]2C1=O)C(=O)NC(=O)NC1CCCCC1. The monoisotopic (exact) mass is 419 g/mol. The summed E-state index contributed by atoms with van der Waals surface area (Å²) in [5, 5.41) is 4.93. The van der Waals surface area contributed by atoms with Gasteiger partial charge in [0, 0.05) is 6.04 Å². The Balaban J connectivity index is 1.50. The number of esters is 1. The number of urea groups is 1. The molecule has 2 fully saturated rings. The van der Waals surface area contributed by atoms with Crippen molar-refractivity contribution < 1.29 is 28.7 Å². The fraction of sp³-hybridized carbons (Fsp3) is 0.667. The number of carbonyl (C=O) groups is 5. The third-order valence-electron chi connectivity index (χ3n) is 6.11. The quantitative estimate of drug-likeness (QED) is 0.395. The zero-order chi connectivity index (χ0) is 21.8.